The summed E-state index contributed by atoms with van der Waals surface area (Å²) >= 11 is 0. The molecular weight excluding hydrogens is 196 g/mol. The summed E-state index contributed by atoms with van der Waals surface area (Å²) in [5.41, 5.74) is -0.515. The van der Waals surface area contributed by atoms with Crippen LogP contribution in [-0.2, 0) is 19.1 Å². The second-order valence-corrected chi connectivity index (χ2v) is 4.44. The average Bonchev–Trinajstić information content (AvgIpc) is 2.21. The van der Waals surface area contributed by atoms with Crippen LogP contribution >= 0.6 is 0 Å². The highest BCUT2D eigenvalue weighted by atomic mass is 16.6. The SMILES string of the molecule is CCC(C)(C)C(=O)OC1CCOCC1=O. The van der Waals surface area contributed by atoms with Crippen molar-refractivity contribution in [1.82, 2.24) is 0 Å². The predicted octanol–water partition coefficient (Wildman–Crippen LogP) is 1.32. The van der Waals surface area contributed by atoms with Gasteiger partial charge in [-0.1, -0.05) is 6.92 Å². The van der Waals surface area contributed by atoms with Gasteiger partial charge >= 0.3 is 5.97 Å². The van der Waals surface area contributed by atoms with Gasteiger partial charge in [0, 0.05) is 6.42 Å². The number of hydrogen-bond donors (Lipinski definition) is 0. The van der Waals surface area contributed by atoms with E-state index in [4.69, 9.17) is 9.47 Å². The number of carbonyl (C=O) groups is 2. The fraction of sp³-hybridized carbons (Fsp3) is 0.818. The zero-order valence-electron chi connectivity index (χ0n) is 9.54. The lowest BCUT2D eigenvalue weighted by Crippen LogP contribution is -2.39. The molecule has 1 heterocycles. The van der Waals surface area contributed by atoms with E-state index in [0.29, 0.717) is 19.4 Å². The molecule has 4 heteroatoms. The van der Waals surface area contributed by atoms with Gasteiger partial charge in [-0.25, -0.2) is 0 Å². The summed E-state index contributed by atoms with van der Waals surface area (Å²) in [7, 11) is 0. The predicted molar refractivity (Wildman–Crippen MR) is 54.4 cm³/mol. The molecule has 0 aromatic rings. The van der Waals surface area contributed by atoms with Crippen molar-refractivity contribution in [3.8, 4) is 0 Å². The molecule has 1 unspecified atom stereocenters. The summed E-state index contributed by atoms with van der Waals surface area (Å²) in [6.07, 6.45) is 0.574. The molecule has 4 nitrogen and oxygen atoms in total. The quantitative estimate of drug-likeness (QED) is 0.665. The Balaban J connectivity index is 2.53. The van der Waals surface area contributed by atoms with Gasteiger partial charge < -0.3 is 9.47 Å². The molecule has 1 fully saturated rings. The van der Waals surface area contributed by atoms with Gasteiger partial charge in [-0.2, -0.15) is 0 Å². The van der Waals surface area contributed by atoms with Crippen molar-refractivity contribution >= 4 is 11.8 Å². The fourth-order valence-corrected chi connectivity index (χ4v) is 1.17. The second-order valence-electron chi connectivity index (χ2n) is 4.44. The van der Waals surface area contributed by atoms with Crippen LogP contribution in [0.4, 0.5) is 0 Å². The molecule has 1 rings (SSSR count). The van der Waals surface area contributed by atoms with Crippen LogP contribution in [0.3, 0.4) is 0 Å². The number of esters is 1. The third kappa shape index (κ3) is 3.02. The van der Waals surface area contributed by atoms with Gasteiger partial charge in [0.05, 0.1) is 12.0 Å². The third-order valence-electron chi connectivity index (χ3n) is 2.81. The van der Waals surface area contributed by atoms with Crippen molar-refractivity contribution in [3.63, 3.8) is 0 Å². The molecule has 0 N–H and O–H groups in total. The average molecular weight is 214 g/mol. The van der Waals surface area contributed by atoms with E-state index in [2.05, 4.69) is 0 Å². The summed E-state index contributed by atoms with van der Waals surface area (Å²) in [5, 5.41) is 0. The second kappa shape index (κ2) is 4.75. The fourth-order valence-electron chi connectivity index (χ4n) is 1.17. The van der Waals surface area contributed by atoms with E-state index in [0.717, 1.165) is 0 Å². The zero-order chi connectivity index (χ0) is 11.5. The molecule has 86 valence electrons. The molecule has 15 heavy (non-hydrogen) atoms. The van der Waals surface area contributed by atoms with Crippen molar-refractivity contribution < 1.29 is 19.1 Å². The molecule has 0 radical (unpaired) electrons. The Morgan fingerprint density at radius 2 is 2.27 bits per heavy atom. The van der Waals surface area contributed by atoms with E-state index in [1.54, 1.807) is 0 Å². The van der Waals surface area contributed by atoms with Crippen molar-refractivity contribution in [2.45, 2.75) is 39.7 Å². The molecular formula is C11H18O4. The lowest BCUT2D eigenvalue weighted by Gasteiger charge is -2.26. The number of ether oxygens (including phenoxy) is 2. The molecule has 0 aromatic heterocycles. The molecule has 0 aromatic carbocycles. The normalized spacial score (nSPS) is 22.6. The van der Waals surface area contributed by atoms with Crippen LogP contribution in [0.25, 0.3) is 0 Å². The first-order chi connectivity index (χ1) is 6.97. The van der Waals surface area contributed by atoms with Crippen LogP contribution in [0.15, 0.2) is 0 Å². The highest BCUT2D eigenvalue weighted by Gasteiger charge is 2.33. The largest absolute Gasteiger partial charge is 0.454 e. The van der Waals surface area contributed by atoms with Crippen LogP contribution in [0, 0.1) is 5.41 Å². The van der Waals surface area contributed by atoms with E-state index < -0.39 is 11.5 Å². The minimum Gasteiger partial charge on any atom is -0.454 e. The standard InChI is InChI=1S/C11H18O4/c1-4-11(2,3)10(13)15-9-5-6-14-7-8(9)12/h9H,4-7H2,1-3H3. The maximum Gasteiger partial charge on any atom is 0.312 e. The summed E-state index contributed by atoms with van der Waals surface area (Å²) in [4.78, 5) is 23.0. The highest BCUT2D eigenvalue weighted by molar-refractivity contribution is 5.88. The van der Waals surface area contributed by atoms with Crippen LogP contribution in [0.5, 0.6) is 0 Å². The lowest BCUT2D eigenvalue weighted by molar-refractivity contribution is -0.169. The minimum absolute atomic E-state index is 0.0600. The summed E-state index contributed by atoms with van der Waals surface area (Å²) in [5.74, 6) is -0.438. The monoisotopic (exact) mass is 214 g/mol. The Kier molecular flexibility index (Phi) is 3.85. The first-order valence-corrected chi connectivity index (χ1v) is 5.29. The van der Waals surface area contributed by atoms with E-state index in [9.17, 15) is 9.59 Å². The number of rotatable bonds is 3. The van der Waals surface area contributed by atoms with Crippen molar-refractivity contribution in [2.75, 3.05) is 13.2 Å². The Labute approximate surface area is 89.9 Å². The minimum atomic E-state index is -0.600. The molecule has 1 aliphatic rings. The molecule has 1 saturated heterocycles. The van der Waals surface area contributed by atoms with Gasteiger partial charge in [-0.15, -0.1) is 0 Å². The van der Waals surface area contributed by atoms with E-state index in [1.807, 2.05) is 20.8 Å². The Morgan fingerprint density at radius 3 is 2.80 bits per heavy atom. The molecule has 0 amide bonds. The maximum atomic E-state index is 11.7. The van der Waals surface area contributed by atoms with Crippen LogP contribution in [0.2, 0.25) is 0 Å². The first kappa shape index (κ1) is 12.2. The number of carbonyl (C=O) groups excluding carboxylic acids is 2. The maximum absolute atomic E-state index is 11.7. The molecule has 0 spiro atoms. The van der Waals surface area contributed by atoms with Gasteiger partial charge in [0.2, 0.25) is 0 Å². The number of Topliss-reactive ketones (excluding diaryl/α,β-unsaturated/α-hetero) is 1. The van der Waals surface area contributed by atoms with Crippen molar-refractivity contribution in [2.24, 2.45) is 5.41 Å². The Hall–Kier alpha value is -0.900. The van der Waals surface area contributed by atoms with E-state index in [-0.39, 0.29) is 18.4 Å². The zero-order valence-corrected chi connectivity index (χ0v) is 9.54. The summed E-state index contributed by atoms with van der Waals surface area (Å²) in [6.45, 7) is 6.10. The van der Waals surface area contributed by atoms with Gasteiger partial charge in [0.25, 0.3) is 0 Å². The first-order valence-electron chi connectivity index (χ1n) is 5.29. The Bertz CT molecular complexity index is 257. The highest BCUT2D eigenvalue weighted by Crippen LogP contribution is 2.23. The lowest BCUT2D eigenvalue weighted by atomic mass is 9.90. The van der Waals surface area contributed by atoms with Gasteiger partial charge in [0.15, 0.2) is 11.9 Å². The van der Waals surface area contributed by atoms with Gasteiger partial charge in [0.1, 0.15) is 6.61 Å². The van der Waals surface area contributed by atoms with Crippen LogP contribution < -0.4 is 0 Å². The summed E-state index contributed by atoms with van der Waals surface area (Å²) in [6, 6.07) is 0. The number of hydrogen-bond acceptors (Lipinski definition) is 4. The van der Waals surface area contributed by atoms with Gasteiger partial charge in [-0.05, 0) is 20.3 Å². The molecule has 0 bridgehead atoms. The number of ketones is 1. The molecule has 1 aliphatic heterocycles. The van der Waals surface area contributed by atoms with E-state index in [1.165, 1.54) is 0 Å². The van der Waals surface area contributed by atoms with Crippen molar-refractivity contribution in [1.29, 1.82) is 0 Å². The molecule has 0 aliphatic carbocycles. The van der Waals surface area contributed by atoms with Gasteiger partial charge in [-0.3, -0.25) is 9.59 Å². The molecule has 1 atom stereocenters. The molecule has 0 saturated carbocycles. The smallest absolute Gasteiger partial charge is 0.312 e. The van der Waals surface area contributed by atoms with Crippen LogP contribution in [0.1, 0.15) is 33.6 Å². The summed E-state index contributed by atoms with van der Waals surface area (Å²) < 4.78 is 10.2. The van der Waals surface area contributed by atoms with Crippen LogP contribution in [-0.4, -0.2) is 31.1 Å². The van der Waals surface area contributed by atoms with Crippen molar-refractivity contribution in [3.05, 3.63) is 0 Å². The Morgan fingerprint density at radius 1 is 1.60 bits per heavy atom. The van der Waals surface area contributed by atoms with E-state index >= 15 is 0 Å². The third-order valence-corrected chi connectivity index (χ3v) is 2.81. The topological polar surface area (TPSA) is 52.6 Å².